The van der Waals surface area contributed by atoms with Crippen molar-refractivity contribution < 1.29 is 18.7 Å². The smallest absolute Gasteiger partial charge is 0.311 e. The van der Waals surface area contributed by atoms with Crippen LogP contribution in [0.5, 0.6) is 0 Å². The van der Waals surface area contributed by atoms with Crippen molar-refractivity contribution in [2.45, 2.75) is 19.4 Å². The summed E-state index contributed by atoms with van der Waals surface area (Å²) in [5.41, 5.74) is 0.00388. The van der Waals surface area contributed by atoms with E-state index >= 15 is 0 Å². The Balaban J connectivity index is 1.97. The molecule has 0 saturated heterocycles. The second kappa shape index (κ2) is 8.47. The lowest BCUT2D eigenvalue weighted by molar-refractivity contribution is -0.152. The number of nitrogens with zero attached hydrogens (tertiary/aromatic N) is 1. The summed E-state index contributed by atoms with van der Waals surface area (Å²) < 4.78 is 18.7. The number of aromatic nitrogens is 1. The van der Waals surface area contributed by atoms with Crippen LogP contribution in [0.4, 0.5) is 10.2 Å². The topological polar surface area (TPSA) is 68.3 Å². The number of halogens is 4. The zero-order valence-electron chi connectivity index (χ0n) is 12.9. The van der Waals surface area contributed by atoms with Gasteiger partial charge in [-0.2, -0.15) is 0 Å². The van der Waals surface area contributed by atoms with Gasteiger partial charge in [0.25, 0.3) is 5.91 Å². The lowest BCUT2D eigenvalue weighted by Crippen LogP contribution is -2.31. The molecule has 1 amide bonds. The van der Waals surface area contributed by atoms with Gasteiger partial charge in [0.1, 0.15) is 5.82 Å². The first-order valence-electron chi connectivity index (χ1n) is 7.02. The van der Waals surface area contributed by atoms with Gasteiger partial charge in [-0.05, 0) is 25.1 Å². The minimum Gasteiger partial charge on any atom is -0.452 e. The Morgan fingerprint density at radius 2 is 2.00 bits per heavy atom. The van der Waals surface area contributed by atoms with E-state index in [2.05, 4.69) is 10.3 Å². The van der Waals surface area contributed by atoms with Gasteiger partial charge in [0.15, 0.2) is 11.9 Å². The molecule has 25 heavy (non-hydrogen) atoms. The van der Waals surface area contributed by atoms with Crippen molar-refractivity contribution in [1.29, 1.82) is 0 Å². The Morgan fingerprint density at radius 3 is 2.64 bits per heavy atom. The standard InChI is InChI=1S/C16H12Cl3FN2O3/c1-8(16(24)22-15-12(19)5-9(17)7-21-15)25-14(23)6-10-11(18)3-2-4-13(10)20/h2-5,7-8H,6H2,1H3,(H,21,22,24)/t8-/m0/s1. The molecule has 9 heteroatoms. The van der Waals surface area contributed by atoms with Crippen molar-refractivity contribution >= 4 is 52.5 Å². The zero-order valence-corrected chi connectivity index (χ0v) is 15.1. The van der Waals surface area contributed by atoms with Crippen LogP contribution in [0.15, 0.2) is 30.5 Å². The highest BCUT2D eigenvalue weighted by Crippen LogP contribution is 2.23. The van der Waals surface area contributed by atoms with Crippen LogP contribution in [0, 0.1) is 5.82 Å². The third-order valence-corrected chi connectivity index (χ3v) is 3.96. The molecule has 0 aliphatic carbocycles. The minimum atomic E-state index is -1.15. The van der Waals surface area contributed by atoms with Crippen LogP contribution >= 0.6 is 34.8 Å². The maximum Gasteiger partial charge on any atom is 0.311 e. The van der Waals surface area contributed by atoms with Crippen molar-refractivity contribution in [2.24, 2.45) is 0 Å². The first-order valence-corrected chi connectivity index (χ1v) is 8.15. The first-order chi connectivity index (χ1) is 11.8. The van der Waals surface area contributed by atoms with Crippen LogP contribution in [0.1, 0.15) is 12.5 Å². The number of anilines is 1. The number of amides is 1. The molecule has 0 aliphatic heterocycles. The highest BCUT2D eigenvalue weighted by molar-refractivity contribution is 6.36. The number of hydrogen-bond acceptors (Lipinski definition) is 4. The molecule has 0 unspecified atom stereocenters. The van der Waals surface area contributed by atoms with Crippen LogP contribution in [0.2, 0.25) is 15.1 Å². The van der Waals surface area contributed by atoms with Crippen molar-refractivity contribution in [3.63, 3.8) is 0 Å². The van der Waals surface area contributed by atoms with Gasteiger partial charge >= 0.3 is 5.97 Å². The average Bonchev–Trinajstić information content (AvgIpc) is 2.53. The summed E-state index contributed by atoms with van der Waals surface area (Å²) >= 11 is 17.5. The summed E-state index contributed by atoms with van der Waals surface area (Å²) in [6.45, 7) is 1.36. The molecule has 5 nitrogen and oxygen atoms in total. The molecule has 0 radical (unpaired) electrons. The van der Waals surface area contributed by atoms with E-state index in [-0.39, 0.29) is 21.4 Å². The van der Waals surface area contributed by atoms with Crippen molar-refractivity contribution in [3.8, 4) is 0 Å². The molecule has 1 N–H and O–H groups in total. The van der Waals surface area contributed by atoms with Crippen molar-refractivity contribution in [2.75, 3.05) is 5.32 Å². The SMILES string of the molecule is C[C@H](OC(=O)Cc1c(F)cccc1Cl)C(=O)Nc1ncc(Cl)cc1Cl. The largest absolute Gasteiger partial charge is 0.452 e. The van der Waals surface area contributed by atoms with E-state index in [1.807, 2.05) is 0 Å². The normalized spacial score (nSPS) is 11.7. The molecule has 0 saturated carbocycles. The average molecular weight is 406 g/mol. The van der Waals surface area contributed by atoms with E-state index < -0.39 is 30.2 Å². The fraction of sp³-hybridized carbons (Fsp3) is 0.188. The molecule has 1 aromatic heterocycles. The second-order valence-electron chi connectivity index (χ2n) is 4.98. The summed E-state index contributed by atoms with van der Waals surface area (Å²) in [4.78, 5) is 27.8. The van der Waals surface area contributed by atoms with E-state index in [4.69, 9.17) is 39.5 Å². The Labute approximate surface area is 158 Å². The van der Waals surface area contributed by atoms with Gasteiger partial charge in [0.05, 0.1) is 16.5 Å². The number of ether oxygens (including phenoxy) is 1. The molecule has 1 aromatic carbocycles. The number of nitrogens with one attached hydrogen (secondary N) is 1. The molecule has 132 valence electrons. The highest BCUT2D eigenvalue weighted by atomic mass is 35.5. The van der Waals surface area contributed by atoms with Gasteiger partial charge < -0.3 is 10.1 Å². The number of hydrogen-bond donors (Lipinski definition) is 1. The molecule has 2 aromatic rings. The number of benzene rings is 1. The second-order valence-corrected chi connectivity index (χ2v) is 6.23. The van der Waals surface area contributed by atoms with Gasteiger partial charge in [0, 0.05) is 16.8 Å². The molecular formula is C16H12Cl3FN2O3. The van der Waals surface area contributed by atoms with E-state index in [9.17, 15) is 14.0 Å². The summed E-state index contributed by atoms with van der Waals surface area (Å²) in [5.74, 6) is -2.00. The predicted octanol–water partition coefficient (Wildman–Crippen LogP) is 4.29. The Kier molecular flexibility index (Phi) is 6.58. The summed E-state index contributed by atoms with van der Waals surface area (Å²) in [6, 6.07) is 5.46. The van der Waals surface area contributed by atoms with E-state index in [0.29, 0.717) is 5.02 Å². The molecular weight excluding hydrogens is 394 g/mol. The first kappa shape index (κ1) is 19.4. The van der Waals surface area contributed by atoms with Gasteiger partial charge in [-0.15, -0.1) is 0 Å². The number of pyridine rings is 1. The molecule has 1 heterocycles. The van der Waals surface area contributed by atoms with Crippen LogP contribution in [0.3, 0.4) is 0 Å². The van der Waals surface area contributed by atoms with Gasteiger partial charge in [-0.1, -0.05) is 40.9 Å². The summed E-state index contributed by atoms with van der Waals surface area (Å²) in [6.07, 6.45) is -0.241. The van der Waals surface area contributed by atoms with E-state index in [1.54, 1.807) is 0 Å². The van der Waals surface area contributed by atoms with E-state index in [0.717, 1.165) is 0 Å². The maximum atomic E-state index is 13.7. The Bertz CT molecular complexity index is 797. The van der Waals surface area contributed by atoms with E-state index in [1.165, 1.54) is 37.4 Å². The van der Waals surface area contributed by atoms with Crippen molar-refractivity contribution in [3.05, 3.63) is 56.9 Å². The fourth-order valence-electron chi connectivity index (χ4n) is 1.86. The van der Waals surface area contributed by atoms with Crippen LogP contribution in [-0.2, 0) is 20.7 Å². The Morgan fingerprint density at radius 1 is 1.28 bits per heavy atom. The number of carbonyl (C=O) groups excluding carboxylic acids is 2. The molecule has 0 bridgehead atoms. The molecule has 0 spiro atoms. The van der Waals surface area contributed by atoms with Crippen LogP contribution < -0.4 is 5.32 Å². The lowest BCUT2D eigenvalue weighted by Gasteiger charge is -2.14. The van der Waals surface area contributed by atoms with Crippen molar-refractivity contribution in [1.82, 2.24) is 4.98 Å². The maximum absolute atomic E-state index is 13.7. The third-order valence-electron chi connectivity index (χ3n) is 3.11. The molecule has 1 atom stereocenters. The number of rotatable bonds is 5. The Hall–Kier alpha value is -1.89. The summed E-state index contributed by atoms with van der Waals surface area (Å²) in [7, 11) is 0. The van der Waals surface area contributed by atoms with Crippen LogP contribution in [-0.4, -0.2) is 23.0 Å². The zero-order chi connectivity index (χ0) is 18.6. The fourth-order valence-corrected chi connectivity index (χ4v) is 2.52. The minimum absolute atomic E-state index is 0.00388. The molecule has 2 rings (SSSR count). The molecule has 0 fully saturated rings. The quantitative estimate of drug-likeness (QED) is 0.753. The lowest BCUT2D eigenvalue weighted by atomic mass is 10.1. The number of carbonyl (C=O) groups is 2. The summed E-state index contributed by atoms with van der Waals surface area (Å²) in [5, 5.41) is 2.96. The van der Waals surface area contributed by atoms with Crippen LogP contribution in [0.25, 0.3) is 0 Å². The monoisotopic (exact) mass is 404 g/mol. The van der Waals surface area contributed by atoms with Gasteiger partial charge in [-0.25, -0.2) is 9.37 Å². The third kappa shape index (κ3) is 5.29. The van der Waals surface area contributed by atoms with Gasteiger partial charge in [0.2, 0.25) is 0 Å². The predicted molar refractivity (Wildman–Crippen MR) is 93.6 cm³/mol. The number of esters is 1. The highest BCUT2D eigenvalue weighted by Gasteiger charge is 2.21. The molecule has 0 aliphatic rings. The van der Waals surface area contributed by atoms with Gasteiger partial charge in [-0.3, -0.25) is 9.59 Å².